The summed E-state index contributed by atoms with van der Waals surface area (Å²) in [7, 11) is 0. The second-order valence-corrected chi connectivity index (χ2v) is 6.19. The molecule has 0 fully saturated rings. The molecule has 148 valence electrons. The van der Waals surface area contributed by atoms with Gasteiger partial charge in [-0.1, -0.05) is 17.7 Å². The third-order valence-corrected chi connectivity index (χ3v) is 3.85. The van der Waals surface area contributed by atoms with Crippen molar-refractivity contribution < 1.29 is 29.0 Å². The molecule has 1 amide bonds. The number of phenolic OH excluding ortho intramolecular Hbond substituents is 1. The third kappa shape index (κ3) is 6.59. The molecule has 0 radical (unpaired) electrons. The van der Waals surface area contributed by atoms with Crippen LogP contribution in [0.4, 0.5) is 5.69 Å². The van der Waals surface area contributed by atoms with E-state index in [1.165, 1.54) is 18.2 Å². The van der Waals surface area contributed by atoms with E-state index in [0.717, 1.165) is 0 Å². The number of hydrogen-bond donors (Lipinski definition) is 2. The molecular formula is C20H20ClNO6. The summed E-state index contributed by atoms with van der Waals surface area (Å²) in [5, 5.41) is 12.7. The maximum absolute atomic E-state index is 12.2. The van der Waals surface area contributed by atoms with Crippen molar-refractivity contribution in [3.05, 3.63) is 53.1 Å². The molecule has 0 aliphatic rings. The fraction of sp³-hybridized carbons (Fsp3) is 0.250. The zero-order chi connectivity index (χ0) is 20.5. The van der Waals surface area contributed by atoms with Crippen LogP contribution in [0.3, 0.4) is 0 Å². The number of nitrogens with one attached hydrogen (secondary N) is 1. The Kier molecular flexibility index (Phi) is 7.83. The molecule has 0 atom stereocenters. The molecule has 28 heavy (non-hydrogen) atoms. The van der Waals surface area contributed by atoms with E-state index in [4.69, 9.17) is 21.1 Å². The number of amides is 1. The first-order valence-electron chi connectivity index (χ1n) is 8.59. The minimum atomic E-state index is -0.668. The zero-order valence-corrected chi connectivity index (χ0v) is 16.0. The number of esters is 1. The molecule has 2 aromatic rings. The van der Waals surface area contributed by atoms with Gasteiger partial charge in [0.2, 0.25) is 0 Å². The van der Waals surface area contributed by atoms with Crippen LogP contribution in [-0.4, -0.2) is 36.0 Å². The Morgan fingerprint density at radius 3 is 2.61 bits per heavy atom. The van der Waals surface area contributed by atoms with Crippen LogP contribution >= 0.6 is 11.6 Å². The van der Waals surface area contributed by atoms with Crippen LogP contribution in [0, 0.1) is 0 Å². The molecule has 0 aliphatic carbocycles. The predicted molar refractivity (Wildman–Crippen MR) is 104 cm³/mol. The van der Waals surface area contributed by atoms with Gasteiger partial charge in [-0.25, -0.2) is 0 Å². The van der Waals surface area contributed by atoms with Crippen molar-refractivity contribution in [3.8, 4) is 11.5 Å². The molecule has 0 spiro atoms. The number of hydrogen-bond acceptors (Lipinski definition) is 6. The molecular weight excluding hydrogens is 386 g/mol. The van der Waals surface area contributed by atoms with Crippen LogP contribution in [-0.2, 0) is 14.3 Å². The van der Waals surface area contributed by atoms with Gasteiger partial charge in [0.1, 0.15) is 0 Å². The quantitative estimate of drug-likeness (QED) is 0.488. The molecule has 0 aromatic heterocycles. The summed E-state index contributed by atoms with van der Waals surface area (Å²) in [6.45, 7) is 1.63. The van der Waals surface area contributed by atoms with Crippen LogP contribution < -0.4 is 10.1 Å². The van der Waals surface area contributed by atoms with Crippen molar-refractivity contribution in [1.29, 1.82) is 0 Å². The number of anilines is 1. The zero-order valence-electron chi connectivity index (χ0n) is 15.2. The average molecular weight is 406 g/mol. The highest BCUT2D eigenvalue weighted by Crippen LogP contribution is 2.27. The number of carbonyl (C=O) groups is 3. The summed E-state index contributed by atoms with van der Waals surface area (Å²) in [6, 6.07) is 10.8. The second kappa shape index (κ2) is 10.3. The van der Waals surface area contributed by atoms with Crippen LogP contribution in [0.15, 0.2) is 42.5 Å². The number of ketones is 1. The largest absolute Gasteiger partial charge is 0.504 e. The second-order valence-electron chi connectivity index (χ2n) is 5.76. The Bertz CT molecular complexity index is 868. The van der Waals surface area contributed by atoms with E-state index in [0.29, 0.717) is 22.9 Å². The number of halogens is 1. The molecule has 0 aliphatic heterocycles. The molecule has 0 saturated carbocycles. The lowest BCUT2D eigenvalue weighted by atomic mass is 10.1. The van der Waals surface area contributed by atoms with Gasteiger partial charge in [-0.3, -0.25) is 14.4 Å². The van der Waals surface area contributed by atoms with E-state index in [2.05, 4.69) is 5.32 Å². The standard InChI is InChI=1S/C20H20ClNO6/c1-2-27-18-10-13(6-7-17(18)24)16(23)8-9-20(26)28-12-19(25)22-15-5-3-4-14(21)11-15/h3-7,10-11,24H,2,8-9,12H2,1H3,(H,22,25). The predicted octanol–water partition coefficient (Wildman–Crippen LogP) is 3.59. The highest BCUT2D eigenvalue weighted by molar-refractivity contribution is 6.30. The Balaban J connectivity index is 1.78. The van der Waals surface area contributed by atoms with E-state index in [9.17, 15) is 19.5 Å². The highest BCUT2D eigenvalue weighted by atomic mass is 35.5. The smallest absolute Gasteiger partial charge is 0.306 e. The van der Waals surface area contributed by atoms with Gasteiger partial charge in [-0.05, 0) is 43.3 Å². The molecule has 0 heterocycles. The molecule has 0 unspecified atom stereocenters. The van der Waals surface area contributed by atoms with E-state index in [1.54, 1.807) is 31.2 Å². The van der Waals surface area contributed by atoms with Gasteiger partial charge in [0, 0.05) is 22.7 Å². The lowest BCUT2D eigenvalue weighted by Gasteiger charge is -2.08. The highest BCUT2D eigenvalue weighted by Gasteiger charge is 2.14. The van der Waals surface area contributed by atoms with Crippen molar-refractivity contribution in [3.63, 3.8) is 0 Å². The van der Waals surface area contributed by atoms with Crippen molar-refractivity contribution in [1.82, 2.24) is 0 Å². The molecule has 0 bridgehead atoms. The van der Waals surface area contributed by atoms with Crippen molar-refractivity contribution in [2.24, 2.45) is 0 Å². The molecule has 0 saturated heterocycles. The first-order valence-corrected chi connectivity index (χ1v) is 8.97. The molecule has 2 N–H and O–H groups in total. The number of carbonyl (C=O) groups excluding carboxylic acids is 3. The summed E-state index contributed by atoms with van der Waals surface area (Å²) in [5.74, 6) is -1.35. The van der Waals surface area contributed by atoms with Gasteiger partial charge >= 0.3 is 5.97 Å². The van der Waals surface area contributed by atoms with Crippen molar-refractivity contribution >= 4 is 34.9 Å². The number of Topliss-reactive ketones (excluding diaryl/α,β-unsaturated/α-hetero) is 1. The number of aromatic hydroxyl groups is 1. The number of benzene rings is 2. The van der Waals surface area contributed by atoms with Gasteiger partial charge < -0.3 is 19.9 Å². The fourth-order valence-corrected chi connectivity index (χ4v) is 2.49. The van der Waals surface area contributed by atoms with Crippen LogP contribution in [0.2, 0.25) is 5.02 Å². The van der Waals surface area contributed by atoms with E-state index >= 15 is 0 Å². The average Bonchev–Trinajstić information content (AvgIpc) is 2.66. The minimum absolute atomic E-state index is 0.0662. The maximum atomic E-state index is 12.2. The first-order chi connectivity index (χ1) is 13.4. The van der Waals surface area contributed by atoms with E-state index < -0.39 is 18.5 Å². The molecule has 7 nitrogen and oxygen atoms in total. The topological polar surface area (TPSA) is 102 Å². The van der Waals surface area contributed by atoms with Gasteiger partial charge in [-0.2, -0.15) is 0 Å². The Morgan fingerprint density at radius 1 is 1.11 bits per heavy atom. The summed E-state index contributed by atoms with van der Waals surface area (Å²) in [4.78, 5) is 35.7. The summed E-state index contributed by atoms with van der Waals surface area (Å²) in [5.41, 5.74) is 0.800. The monoisotopic (exact) mass is 405 g/mol. The lowest BCUT2D eigenvalue weighted by molar-refractivity contribution is -0.147. The fourth-order valence-electron chi connectivity index (χ4n) is 2.30. The normalized spacial score (nSPS) is 10.2. The van der Waals surface area contributed by atoms with Crippen molar-refractivity contribution in [2.75, 3.05) is 18.5 Å². The van der Waals surface area contributed by atoms with Crippen LogP contribution in [0.1, 0.15) is 30.1 Å². The Hall–Kier alpha value is -3.06. The molecule has 2 rings (SSSR count). The number of rotatable bonds is 9. The molecule has 2 aromatic carbocycles. The summed E-state index contributed by atoms with van der Waals surface area (Å²) < 4.78 is 10.1. The molecule has 8 heteroatoms. The summed E-state index contributed by atoms with van der Waals surface area (Å²) in [6.07, 6.45) is -0.265. The Labute approximate surface area is 167 Å². The number of phenols is 1. The summed E-state index contributed by atoms with van der Waals surface area (Å²) >= 11 is 5.82. The number of ether oxygens (including phenoxy) is 2. The minimum Gasteiger partial charge on any atom is -0.504 e. The maximum Gasteiger partial charge on any atom is 0.306 e. The van der Waals surface area contributed by atoms with Crippen molar-refractivity contribution in [2.45, 2.75) is 19.8 Å². The lowest BCUT2D eigenvalue weighted by Crippen LogP contribution is -2.21. The van der Waals surface area contributed by atoms with Gasteiger partial charge in [-0.15, -0.1) is 0 Å². The SMILES string of the molecule is CCOc1cc(C(=O)CCC(=O)OCC(=O)Nc2cccc(Cl)c2)ccc1O. The Morgan fingerprint density at radius 2 is 1.89 bits per heavy atom. The van der Waals surface area contributed by atoms with Gasteiger partial charge in [0.15, 0.2) is 23.9 Å². The van der Waals surface area contributed by atoms with Gasteiger partial charge in [0.25, 0.3) is 5.91 Å². The first kappa shape index (κ1) is 21.2. The van der Waals surface area contributed by atoms with Crippen LogP contribution in [0.5, 0.6) is 11.5 Å². The van der Waals surface area contributed by atoms with Gasteiger partial charge in [0.05, 0.1) is 13.0 Å². The third-order valence-electron chi connectivity index (χ3n) is 3.61. The van der Waals surface area contributed by atoms with E-state index in [-0.39, 0.29) is 30.1 Å². The van der Waals surface area contributed by atoms with E-state index in [1.807, 2.05) is 0 Å². The van der Waals surface area contributed by atoms with Crippen LogP contribution in [0.25, 0.3) is 0 Å².